The Morgan fingerprint density at radius 1 is 1.83 bits per heavy atom. The Balaban J connectivity index is 0. The zero-order chi connectivity index (χ0) is 8.27. The molecule has 2 N–H and O–H groups in total. The van der Waals surface area contributed by atoms with Crippen LogP contribution in [0.5, 0.6) is 0 Å². The van der Waals surface area contributed by atoms with Crippen molar-refractivity contribution in [3.63, 3.8) is 0 Å². The summed E-state index contributed by atoms with van der Waals surface area (Å²) < 4.78 is 0. The maximum absolute atomic E-state index is 10.1. The van der Waals surface area contributed by atoms with Crippen LogP contribution in [0.25, 0.3) is 6.08 Å². The standard InChI is InChI=1S/C7H8N2O2.Na.H/c1-5-8-4-6(9-5)2-3-7(10)11;;/h2-4H,1H3,(H,8,9)(H,10,11);;/q;+1;-1/b3-2+;;. The molecule has 0 saturated heterocycles. The molecule has 60 valence electrons. The van der Waals surface area contributed by atoms with Crippen molar-refractivity contribution in [3.8, 4) is 0 Å². The number of carboxylic acid groups (broad SMARTS) is 1. The molecule has 0 aliphatic carbocycles. The van der Waals surface area contributed by atoms with Gasteiger partial charge in [-0.2, -0.15) is 0 Å². The Morgan fingerprint density at radius 2 is 2.50 bits per heavy atom. The van der Waals surface area contributed by atoms with E-state index < -0.39 is 5.97 Å². The van der Waals surface area contributed by atoms with Gasteiger partial charge >= 0.3 is 35.5 Å². The molecule has 1 heterocycles. The van der Waals surface area contributed by atoms with E-state index in [1.165, 1.54) is 6.08 Å². The number of rotatable bonds is 2. The van der Waals surface area contributed by atoms with Gasteiger partial charge in [0.15, 0.2) is 0 Å². The summed E-state index contributed by atoms with van der Waals surface area (Å²) in [5.41, 5.74) is 0.699. The van der Waals surface area contributed by atoms with Crippen LogP contribution >= 0.6 is 0 Å². The van der Waals surface area contributed by atoms with Gasteiger partial charge in [0.2, 0.25) is 0 Å². The van der Waals surface area contributed by atoms with Crippen LogP contribution in [0, 0.1) is 6.92 Å². The smallest absolute Gasteiger partial charge is 1.00 e. The molecule has 5 heteroatoms. The van der Waals surface area contributed by atoms with E-state index >= 15 is 0 Å². The molecule has 0 radical (unpaired) electrons. The first kappa shape index (κ1) is 11.4. The van der Waals surface area contributed by atoms with E-state index in [4.69, 9.17) is 5.11 Å². The molecule has 0 fully saturated rings. The number of imidazole rings is 1. The molecule has 0 unspecified atom stereocenters. The Morgan fingerprint density at radius 3 is 2.92 bits per heavy atom. The number of nitrogens with zero attached hydrogens (tertiary/aromatic N) is 1. The predicted octanol–water partition coefficient (Wildman–Crippen LogP) is -2.07. The third-order valence-corrected chi connectivity index (χ3v) is 1.13. The molecule has 0 bridgehead atoms. The van der Waals surface area contributed by atoms with Gasteiger partial charge in [-0.3, -0.25) is 0 Å². The van der Waals surface area contributed by atoms with Crippen molar-refractivity contribution >= 4 is 12.0 Å². The maximum atomic E-state index is 10.1. The van der Waals surface area contributed by atoms with Crippen LogP contribution in [0.2, 0.25) is 0 Å². The van der Waals surface area contributed by atoms with Crippen LogP contribution in [0.15, 0.2) is 12.3 Å². The molecule has 1 aromatic rings. The molecule has 0 saturated carbocycles. The molecule has 1 aromatic heterocycles. The molecule has 0 spiro atoms. The van der Waals surface area contributed by atoms with Crippen LogP contribution in [-0.4, -0.2) is 21.0 Å². The third-order valence-electron chi connectivity index (χ3n) is 1.13. The summed E-state index contributed by atoms with van der Waals surface area (Å²) in [4.78, 5) is 16.8. The van der Waals surface area contributed by atoms with E-state index in [0.29, 0.717) is 5.69 Å². The fourth-order valence-electron chi connectivity index (χ4n) is 0.686. The van der Waals surface area contributed by atoms with Crippen LogP contribution in [0.3, 0.4) is 0 Å². The van der Waals surface area contributed by atoms with Gasteiger partial charge in [-0.25, -0.2) is 9.78 Å². The first-order valence-electron chi connectivity index (χ1n) is 3.11. The molecule has 1 rings (SSSR count). The molecule has 0 atom stereocenters. The van der Waals surface area contributed by atoms with Crippen molar-refractivity contribution in [2.45, 2.75) is 6.92 Å². The van der Waals surface area contributed by atoms with Crippen LogP contribution in [0.1, 0.15) is 12.9 Å². The molecule has 0 aromatic carbocycles. The SMILES string of the molecule is Cc1ncc(/C=C/C(=O)O)[nH]1.[H-].[Na+]. The number of aryl methyl sites for hydroxylation is 1. The van der Waals surface area contributed by atoms with Crippen LogP contribution in [0.4, 0.5) is 0 Å². The average molecular weight is 176 g/mol. The predicted molar refractivity (Wildman–Crippen MR) is 41.1 cm³/mol. The quantitative estimate of drug-likeness (QED) is 0.402. The van der Waals surface area contributed by atoms with Crippen molar-refractivity contribution in [1.29, 1.82) is 0 Å². The average Bonchev–Trinajstić information content (AvgIpc) is 2.31. The summed E-state index contributed by atoms with van der Waals surface area (Å²) in [6.07, 6.45) is 4.10. The number of aliphatic carboxylic acids is 1. The molecule has 0 aliphatic rings. The van der Waals surface area contributed by atoms with Crippen molar-refractivity contribution in [3.05, 3.63) is 23.8 Å². The van der Waals surface area contributed by atoms with Gasteiger partial charge in [0.25, 0.3) is 0 Å². The summed E-state index contributed by atoms with van der Waals surface area (Å²) in [5, 5.41) is 8.26. The van der Waals surface area contributed by atoms with E-state index in [9.17, 15) is 4.79 Å². The minimum atomic E-state index is -0.961. The normalized spacial score (nSPS) is 9.75. The first-order valence-corrected chi connectivity index (χ1v) is 3.11. The van der Waals surface area contributed by atoms with E-state index in [1.807, 2.05) is 0 Å². The Labute approximate surface area is 93.5 Å². The minimum absolute atomic E-state index is 0. The van der Waals surface area contributed by atoms with Gasteiger partial charge in [-0.1, -0.05) is 0 Å². The van der Waals surface area contributed by atoms with Gasteiger partial charge in [-0.15, -0.1) is 0 Å². The number of nitrogens with one attached hydrogen (secondary N) is 1. The zero-order valence-electron chi connectivity index (χ0n) is 8.03. The van der Waals surface area contributed by atoms with E-state index in [1.54, 1.807) is 13.1 Å². The fourth-order valence-corrected chi connectivity index (χ4v) is 0.686. The molecular weight excluding hydrogens is 167 g/mol. The number of carbonyl (C=O) groups is 1. The Kier molecular flexibility index (Phi) is 4.89. The zero-order valence-corrected chi connectivity index (χ0v) is 9.03. The Bertz CT molecular complexity index is 298. The monoisotopic (exact) mass is 176 g/mol. The van der Waals surface area contributed by atoms with Crippen molar-refractivity contribution < 1.29 is 40.9 Å². The van der Waals surface area contributed by atoms with E-state index in [-0.39, 0.29) is 31.0 Å². The molecule has 4 nitrogen and oxygen atoms in total. The summed E-state index contributed by atoms with van der Waals surface area (Å²) in [6, 6.07) is 0. The van der Waals surface area contributed by atoms with Gasteiger partial charge < -0.3 is 11.5 Å². The Hall–Kier alpha value is -0.580. The second-order valence-corrected chi connectivity index (χ2v) is 2.10. The summed E-state index contributed by atoms with van der Waals surface area (Å²) >= 11 is 0. The second-order valence-electron chi connectivity index (χ2n) is 2.10. The van der Waals surface area contributed by atoms with Crippen molar-refractivity contribution in [1.82, 2.24) is 9.97 Å². The third kappa shape index (κ3) is 3.71. The van der Waals surface area contributed by atoms with Gasteiger partial charge in [0.05, 0.1) is 11.9 Å². The molecular formula is C7H9N2NaO2. The van der Waals surface area contributed by atoms with Gasteiger partial charge in [0.1, 0.15) is 5.82 Å². The summed E-state index contributed by atoms with van der Waals surface area (Å²) in [7, 11) is 0. The number of hydrogen-bond donors (Lipinski definition) is 2. The maximum Gasteiger partial charge on any atom is 1.00 e. The number of H-pyrrole nitrogens is 1. The largest absolute Gasteiger partial charge is 1.00 e. The summed E-state index contributed by atoms with van der Waals surface area (Å²) in [5.74, 6) is -0.188. The summed E-state index contributed by atoms with van der Waals surface area (Å²) in [6.45, 7) is 1.80. The molecule has 0 amide bonds. The topological polar surface area (TPSA) is 66.0 Å². The van der Waals surface area contributed by atoms with Crippen molar-refractivity contribution in [2.75, 3.05) is 0 Å². The van der Waals surface area contributed by atoms with Gasteiger partial charge in [0, 0.05) is 6.08 Å². The number of aromatic amines is 1. The molecule has 12 heavy (non-hydrogen) atoms. The second kappa shape index (κ2) is 5.13. The van der Waals surface area contributed by atoms with Crippen LogP contribution < -0.4 is 29.6 Å². The van der Waals surface area contributed by atoms with Gasteiger partial charge in [-0.05, 0) is 13.0 Å². The van der Waals surface area contributed by atoms with E-state index in [2.05, 4.69) is 9.97 Å². The van der Waals surface area contributed by atoms with Crippen molar-refractivity contribution in [2.24, 2.45) is 0 Å². The first-order chi connectivity index (χ1) is 5.18. The number of hydrogen-bond acceptors (Lipinski definition) is 2. The number of carboxylic acids is 1. The molecule has 0 aliphatic heterocycles. The minimum Gasteiger partial charge on any atom is -1.00 e. The van der Waals surface area contributed by atoms with Crippen LogP contribution in [-0.2, 0) is 4.79 Å². The number of aromatic nitrogens is 2. The van der Waals surface area contributed by atoms with E-state index in [0.717, 1.165) is 11.9 Å². The fraction of sp³-hybridized carbons (Fsp3) is 0.143.